The van der Waals surface area contributed by atoms with Crippen molar-refractivity contribution in [2.45, 2.75) is 31.7 Å². The fourth-order valence-electron chi connectivity index (χ4n) is 3.45. The zero-order chi connectivity index (χ0) is 18.5. The molecular formula is C19H24N2O5. The van der Waals surface area contributed by atoms with Gasteiger partial charge in [-0.25, -0.2) is 9.59 Å². The van der Waals surface area contributed by atoms with Gasteiger partial charge in [-0.3, -0.25) is 0 Å². The minimum absolute atomic E-state index is 0.00578. The first kappa shape index (κ1) is 18.3. The van der Waals surface area contributed by atoms with E-state index in [-0.39, 0.29) is 24.6 Å². The number of esters is 2. The number of methoxy groups -OCH3 is 2. The minimum atomic E-state index is -0.601. The van der Waals surface area contributed by atoms with Crippen molar-refractivity contribution >= 4 is 23.3 Å². The van der Waals surface area contributed by atoms with Crippen LogP contribution in [0, 0.1) is 0 Å². The van der Waals surface area contributed by atoms with Gasteiger partial charge in [-0.15, -0.1) is 0 Å². The van der Waals surface area contributed by atoms with Gasteiger partial charge in [0.05, 0.1) is 37.8 Å². The van der Waals surface area contributed by atoms with Crippen molar-refractivity contribution in [3.8, 4) is 0 Å². The van der Waals surface area contributed by atoms with Gasteiger partial charge < -0.3 is 24.4 Å². The Morgan fingerprint density at radius 3 is 2.50 bits per heavy atom. The van der Waals surface area contributed by atoms with Crippen LogP contribution < -0.4 is 10.2 Å². The lowest BCUT2D eigenvalue weighted by atomic mass is 10.1. The molecule has 1 N–H and O–H groups in total. The summed E-state index contributed by atoms with van der Waals surface area (Å²) < 4.78 is 15.3. The highest BCUT2D eigenvalue weighted by atomic mass is 16.5. The Labute approximate surface area is 152 Å². The average molecular weight is 360 g/mol. The minimum Gasteiger partial charge on any atom is -0.466 e. The third kappa shape index (κ3) is 3.67. The van der Waals surface area contributed by atoms with E-state index < -0.39 is 11.9 Å². The molecule has 1 aliphatic heterocycles. The molecule has 140 valence electrons. The standard InChI is InChI=1S/C19H24N2O5/c1-24-18(22)14-11-26-12-21(17(14)19(23)25-2)16-10-6-5-9-15(16)20-13-7-3-4-8-13/h5-6,9-10,13,20H,3-4,7-8,11-12H2,1-2H3. The van der Waals surface area contributed by atoms with Crippen LogP contribution in [-0.2, 0) is 23.8 Å². The van der Waals surface area contributed by atoms with Crippen LogP contribution in [0.1, 0.15) is 25.7 Å². The molecule has 0 unspecified atom stereocenters. The SMILES string of the molecule is COC(=O)C1=C(C(=O)OC)N(c2ccccc2NC2CCCC2)COC1. The zero-order valence-corrected chi connectivity index (χ0v) is 15.1. The summed E-state index contributed by atoms with van der Waals surface area (Å²) in [4.78, 5) is 26.2. The van der Waals surface area contributed by atoms with Crippen molar-refractivity contribution < 1.29 is 23.8 Å². The van der Waals surface area contributed by atoms with Crippen LogP contribution in [-0.4, -0.2) is 45.5 Å². The lowest BCUT2D eigenvalue weighted by Gasteiger charge is -2.33. The molecule has 7 nitrogen and oxygen atoms in total. The van der Waals surface area contributed by atoms with Gasteiger partial charge in [-0.05, 0) is 25.0 Å². The van der Waals surface area contributed by atoms with Crippen LogP contribution in [0.4, 0.5) is 11.4 Å². The third-order valence-corrected chi connectivity index (χ3v) is 4.74. The van der Waals surface area contributed by atoms with Crippen molar-refractivity contribution in [3.63, 3.8) is 0 Å². The number of para-hydroxylation sites is 2. The van der Waals surface area contributed by atoms with Crippen LogP contribution in [0.3, 0.4) is 0 Å². The third-order valence-electron chi connectivity index (χ3n) is 4.74. The van der Waals surface area contributed by atoms with Crippen molar-refractivity contribution in [2.24, 2.45) is 0 Å². The Kier molecular flexibility index (Phi) is 5.78. The number of rotatable bonds is 5. The van der Waals surface area contributed by atoms with Crippen LogP contribution in [0.25, 0.3) is 0 Å². The molecule has 7 heteroatoms. The van der Waals surface area contributed by atoms with Gasteiger partial charge in [0.15, 0.2) is 0 Å². The molecule has 0 saturated heterocycles. The molecule has 0 aromatic heterocycles. The van der Waals surface area contributed by atoms with Gasteiger partial charge in [0.25, 0.3) is 0 Å². The van der Waals surface area contributed by atoms with Gasteiger partial charge in [-0.2, -0.15) is 0 Å². The second kappa shape index (κ2) is 8.23. The Hall–Kier alpha value is -2.54. The van der Waals surface area contributed by atoms with E-state index in [9.17, 15) is 9.59 Å². The van der Waals surface area contributed by atoms with E-state index in [0.717, 1.165) is 24.2 Å². The Morgan fingerprint density at radius 1 is 1.12 bits per heavy atom. The molecule has 1 heterocycles. The predicted octanol–water partition coefficient (Wildman–Crippen LogP) is 2.44. The van der Waals surface area contributed by atoms with Crippen LogP contribution in [0.2, 0.25) is 0 Å². The molecule has 1 fully saturated rings. The second-order valence-corrected chi connectivity index (χ2v) is 6.36. The molecule has 3 rings (SSSR count). The molecule has 0 radical (unpaired) electrons. The van der Waals surface area contributed by atoms with E-state index in [2.05, 4.69) is 5.32 Å². The summed E-state index contributed by atoms with van der Waals surface area (Å²) >= 11 is 0. The number of nitrogens with zero attached hydrogens (tertiary/aromatic N) is 1. The lowest BCUT2D eigenvalue weighted by Crippen LogP contribution is -2.39. The number of hydrogen-bond donors (Lipinski definition) is 1. The van der Waals surface area contributed by atoms with Crippen LogP contribution >= 0.6 is 0 Å². The Balaban J connectivity index is 2.01. The molecule has 1 saturated carbocycles. The average Bonchev–Trinajstić information content (AvgIpc) is 3.19. The summed E-state index contributed by atoms with van der Waals surface area (Å²) in [7, 11) is 2.57. The second-order valence-electron chi connectivity index (χ2n) is 6.36. The fraction of sp³-hybridized carbons (Fsp3) is 0.474. The molecule has 26 heavy (non-hydrogen) atoms. The van der Waals surface area contributed by atoms with E-state index in [1.807, 2.05) is 24.3 Å². The molecule has 1 aromatic carbocycles. The van der Waals surface area contributed by atoms with Gasteiger partial charge in [0.1, 0.15) is 12.4 Å². The number of hydrogen-bond acceptors (Lipinski definition) is 7. The number of anilines is 2. The van der Waals surface area contributed by atoms with E-state index in [1.54, 1.807) is 4.90 Å². The van der Waals surface area contributed by atoms with Crippen LogP contribution in [0.5, 0.6) is 0 Å². The van der Waals surface area contributed by atoms with E-state index in [1.165, 1.54) is 27.1 Å². The van der Waals surface area contributed by atoms with Crippen LogP contribution in [0.15, 0.2) is 35.5 Å². The van der Waals surface area contributed by atoms with Crippen molar-refractivity contribution in [2.75, 3.05) is 37.8 Å². The molecular weight excluding hydrogens is 336 g/mol. The van der Waals surface area contributed by atoms with Gasteiger partial charge >= 0.3 is 11.9 Å². The van der Waals surface area contributed by atoms with Gasteiger partial charge in [0.2, 0.25) is 0 Å². The summed E-state index contributed by atoms with van der Waals surface area (Å²) in [6, 6.07) is 8.09. The lowest BCUT2D eigenvalue weighted by molar-refractivity contribution is -0.140. The molecule has 1 aliphatic carbocycles. The first-order valence-electron chi connectivity index (χ1n) is 8.76. The topological polar surface area (TPSA) is 77.1 Å². The highest BCUT2D eigenvalue weighted by molar-refractivity contribution is 6.04. The summed E-state index contributed by atoms with van der Waals surface area (Å²) in [5.74, 6) is -1.19. The monoisotopic (exact) mass is 360 g/mol. The van der Waals surface area contributed by atoms with Crippen molar-refractivity contribution in [1.29, 1.82) is 0 Å². The number of nitrogens with one attached hydrogen (secondary N) is 1. The van der Waals surface area contributed by atoms with E-state index >= 15 is 0 Å². The Morgan fingerprint density at radius 2 is 1.81 bits per heavy atom. The summed E-state index contributed by atoms with van der Waals surface area (Å²) in [5, 5.41) is 3.55. The molecule has 0 amide bonds. The summed E-state index contributed by atoms with van der Waals surface area (Å²) in [5.41, 5.74) is 1.98. The van der Waals surface area contributed by atoms with Gasteiger partial charge in [0, 0.05) is 6.04 Å². The maximum Gasteiger partial charge on any atom is 0.355 e. The molecule has 0 bridgehead atoms. The van der Waals surface area contributed by atoms with E-state index in [0.29, 0.717) is 6.04 Å². The smallest absolute Gasteiger partial charge is 0.355 e. The largest absolute Gasteiger partial charge is 0.466 e. The predicted molar refractivity (Wildman–Crippen MR) is 96.7 cm³/mol. The highest BCUT2D eigenvalue weighted by Crippen LogP contribution is 2.34. The molecule has 2 aliphatic rings. The van der Waals surface area contributed by atoms with E-state index in [4.69, 9.17) is 14.2 Å². The number of ether oxygens (including phenoxy) is 3. The van der Waals surface area contributed by atoms with Crippen molar-refractivity contribution in [1.82, 2.24) is 0 Å². The maximum atomic E-state index is 12.4. The maximum absolute atomic E-state index is 12.4. The Bertz CT molecular complexity index is 710. The molecule has 0 spiro atoms. The normalized spacial score (nSPS) is 18.0. The first-order chi connectivity index (χ1) is 12.7. The summed E-state index contributed by atoms with van der Waals surface area (Å²) in [6.07, 6.45) is 4.68. The fourth-order valence-corrected chi connectivity index (χ4v) is 3.45. The zero-order valence-electron chi connectivity index (χ0n) is 15.1. The number of carbonyl (C=O) groups excluding carboxylic acids is 2. The van der Waals surface area contributed by atoms with Crippen molar-refractivity contribution in [3.05, 3.63) is 35.5 Å². The highest BCUT2D eigenvalue weighted by Gasteiger charge is 2.33. The first-order valence-corrected chi connectivity index (χ1v) is 8.76. The number of benzene rings is 1. The number of carbonyl (C=O) groups is 2. The molecule has 1 aromatic rings. The quantitative estimate of drug-likeness (QED) is 0.808. The van der Waals surface area contributed by atoms with Gasteiger partial charge in [-0.1, -0.05) is 25.0 Å². The molecule has 0 atom stereocenters. The summed E-state index contributed by atoms with van der Waals surface area (Å²) in [6.45, 7) is 0.153.